The number of nitrogens with two attached hydrogens (primary N) is 1. The molecule has 0 aromatic heterocycles. The summed E-state index contributed by atoms with van der Waals surface area (Å²) in [6.45, 7) is 2.36. The second-order valence-electron chi connectivity index (χ2n) is 7.16. The molecule has 4 N–H and O–H groups in total. The molecule has 2 amide bonds. The summed E-state index contributed by atoms with van der Waals surface area (Å²) in [6, 6.07) is 15.0. The monoisotopic (exact) mass is 393 g/mol. The van der Waals surface area contributed by atoms with E-state index in [0.717, 1.165) is 37.2 Å². The Labute approximate surface area is 171 Å². The van der Waals surface area contributed by atoms with Gasteiger partial charge in [0.05, 0.1) is 0 Å². The van der Waals surface area contributed by atoms with Crippen LogP contribution in [0.5, 0.6) is 0 Å². The second-order valence-corrected chi connectivity index (χ2v) is 7.16. The van der Waals surface area contributed by atoms with Gasteiger partial charge in [-0.3, -0.25) is 9.59 Å². The first kappa shape index (κ1) is 20.6. The van der Waals surface area contributed by atoms with Crippen LogP contribution in [0, 0.1) is 0 Å². The lowest BCUT2D eigenvalue weighted by Crippen LogP contribution is -2.30. The summed E-state index contributed by atoms with van der Waals surface area (Å²) in [5, 5.41) is 11.6. The van der Waals surface area contributed by atoms with Crippen LogP contribution >= 0.6 is 0 Å². The largest absolute Gasteiger partial charge is 0.396 e. The van der Waals surface area contributed by atoms with E-state index >= 15 is 0 Å². The van der Waals surface area contributed by atoms with Crippen LogP contribution in [0.3, 0.4) is 0 Å². The van der Waals surface area contributed by atoms with Gasteiger partial charge in [0.2, 0.25) is 5.91 Å². The molecule has 152 valence electrons. The quantitative estimate of drug-likeness (QED) is 0.630. The number of hydrogen-bond donors (Lipinski definition) is 3. The maximum atomic E-state index is 12.0. The number of aliphatic hydroxyl groups excluding tert-OH is 1. The zero-order valence-electron chi connectivity index (χ0n) is 16.4. The molecular formula is C23H27N3O3. The van der Waals surface area contributed by atoms with Crippen LogP contribution in [-0.4, -0.2) is 43.2 Å². The van der Waals surface area contributed by atoms with E-state index < -0.39 is 5.91 Å². The predicted molar refractivity (Wildman–Crippen MR) is 115 cm³/mol. The Morgan fingerprint density at radius 2 is 1.79 bits per heavy atom. The van der Waals surface area contributed by atoms with Gasteiger partial charge in [0, 0.05) is 43.1 Å². The number of carbonyl (C=O) groups is 2. The van der Waals surface area contributed by atoms with Crippen molar-refractivity contribution in [1.29, 1.82) is 0 Å². The van der Waals surface area contributed by atoms with E-state index in [1.165, 1.54) is 5.57 Å². The van der Waals surface area contributed by atoms with Crippen molar-refractivity contribution in [3.05, 3.63) is 70.8 Å². The third kappa shape index (κ3) is 5.68. The van der Waals surface area contributed by atoms with Gasteiger partial charge in [-0.15, -0.1) is 0 Å². The van der Waals surface area contributed by atoms with E-state index in [2.05, 4.69) is 16.3 Å². The molecular weight excluding hydrogens is 366 g/mol. The SMILES string of the molecule is NC(=O)c1cccc(C=C2CCN(c3ccc(C(=O)NCCCO)cc3)CC2)c1. The van der Waals surface area contributed by atoms with Crippen molar-refractivity contribution in [3.63, 3.8) is 0 Å². The Bertz CT molecular complexity index is 880. The van der Waals surface area contributed by atoms with E-state index in [9.17, 15) is 9.59 Å². The standard InChI is InChI=1S/C23H27N3O3/c24-22(28)20-4-1-3-18(16-20)15-17-9-12-26(13-10-17)21-7-5-19(6-8-21)23(29)25-11-2-14-27/h1,3-8,15-16,27H,2,9-14H2,(H2,24,28)(H,25,29). The minimum absolute atomic E-state index is 0.0706. The highest BCUT2D eigenvalue weighted by Gasteiger charge is 2.15. The minimum atomic E-state index is -0.411. The van der Waals surface area contributed by atoms with E-state index in [0.29, 0.717) is 24.1 Å². The Balaban J connectivity index is 1.57. The number of primary amides is 1. The number of piperidine rings is 1. The molecule has 0 unspecified atom stereocenters. The first-order chi connectivity index (χ1) is 14.1. The van der Waals surface area contributed by atoms with Crippen LogP contribution in [0.2, 0.25) is 0 Å². The molecule has 0 aliphatic carbocycles. The maximum absolute atomic E-state index is 12.0. The van der Waals surface area contributed by atoms with Gasteiger partial charge in [-0.2, -0.15) is 0 Å². The van der Waals surface area contributed by atoms with Gasteiger partial charge in [0.25, 0.3) is 5.91 Å². The molecule has 1 saturated heterocycles. The molecule has 1 heterocycles. The number of aliphatic hydroxyl groups is 1. The molecule has 6 nitrogen and oxygen atoms in total. The zero-order chi connectivity index (χ0) is 20.6. The fourth-order valence-electron chi connectivity index (χ4n) is 3.42. The number of amides is 2. The third-order valence-corrected chi connectivity index (χ3v) is 5.06. The Morgan fingerprint density at radius 3 is 2.45 bits per heavy atom. The molecule has 2 aromatic carbocycles. The Kier molecular flexibility index (Phi) is 7.03. The molecule has 1 fully saturated rings. The summed E-state index contributed by atoms with van der Waals surface area (Å²) < 4.78 is 0. The number of anilines is 1. The topological polar surface area (TPSA) is 95.7 Å². The van der Waals surface area contributed by atoms with Gasteiger partial charge >= 0.3 is 0 Å². The van der Waals surface area contributed by atoms with Gasteiger partial charge in [-0.25, -0.2) is 0 Å². The zero-order valence-corrected chi connectivity index (χ0v) is 16.4. The Hall–Kier alpha value is -3.12. The highest BCUT2D eigenvalue weighted by Crippen LogP contribution is 2.25. The molecule has 1 aliphatic heterocycles. The molecule has 3 rings (SSSR count). The smallest absolute Gasteiger partial charge is 0.251 e. The van der Waals surface area contributed by atoms with Crippen LogP contribution in [0.15, 0.2) is 54.1 Å². The number of benzene rings is 2. The lowest BCUT2D eigenvalue weighted by molar-refractivity contribution is 0.0949. The summed E-state index contributed by atoms with van der Waals surface area (Å²) in [5.41, 5.74) is 9.96. The third-order valence-electron chi connectivity index (χ3n) is 5.06. The number of rotatable bonds is 7. The molecule has 1 aliphatic rings. The van der Waals surface area contributed by atoms with Crippen LogP contribution < -0.4 is 16.0 Å². The molecule has 0 bridgehead atoms. The van der Waals surface area contributed by atoms with Gasteiger partial charge < -0.3 is 21.1 Å². The first-order valence-electron chi connectivity index (χ1n) is 9.90. The van der Waals surface area contributed by atoms with Crippen molar-refractivity contribution < 1.29 is 14.7 Å². The number of carbonyl (C=O) groups excluding carboxylic acids is 2. The van der Waals surface area contributed by atoms with Gasteiger partial charge in [0.1, 0.15) is 0 Å². The fraction of sp³-hybridized carbons (Fsp3) is 0.304. The number of nitrogens with one attached hydrogen (secondary N) is 1. The van der Waals surface area contributed by atoms with E-state index in [1.54, 1.807) is 6.07 Å². The normalized spacial score (nSPS) is 13.8. The molecule has 0 saturated carbocycles. The predicted octanol–water partition coefficient (Wildman–Crippen LogP) is 2.58. The maximum Gasteiger partial charge on any atom is 0.251 e. The summed E-state index contributed by atoms with van der Waals surface area (Å²) in [6.07, 6.45) is 4.60. The summed E-state index contributed by atoms with van der Waals surface area (Å²) in [5.74, 6) is -0.530. The summed E-state index contributed by atoms with van der Waals surface area (Å²) in [4.78, 5) is 25.7. The molecule has 0 spiro atoms. The van der Waals surface area contributed by atoms with Crippen molar-refractivity contribution in [2.24, 2.45) is 5.73 Å². The van der Waals surface area contributed by atoms with Crippen molar-refractivity contribution in [2.45, 2.75) is 19.3 Å². The highest BCUT2D eigenvalue weighted by atomic mass is 16.3. The van der Waals surface area contributed by atoms with Crippen molar-refractivity contribution in [1.82, 2.24) is 5.32 Å². The molecule has 0 atom stereocenters. The minimum Gasteiger partial charge on any atom is -0.396 e. The fourth-order valence-corrected chi connectivity index (χ4v) is 3.42. The van der Waals surface area contributed by atoms with Crippen LogP contribution in [0.25, 0.3) is 6.08 Å². The van der Waals surface area contributed by atoms with Crippen LogP contribution in [0.1, 0.15) is 45.5 Å². The molecule has 2 aromatic rings. The van der Waals surface area contributed by atoms with Crippen LogP contribution in [-0.2, 0) is 0 Å². The average molecular weight is 393 g/mol. The highest BCUT2D eigenvalue weighted by molar-refractivity contribution is 5.94. The van der Waals surface area contributed by atoms with Crippen LogP contribution in [0.4, 0.5) is 5.69 Å². The number of nitrogens with zero attached hydrogens (tertiary/aromatic N) is 1. The van der Waals surface area contributed by atoms with E-state index in [-0.39, 0.29) is 12.5 Å². The number of hydrogen-bond acceptors (Lipinski definition) is 4. The average Bonchev–Trinajstić information content (AvgIpc) is 2.75. The Morgan fingerprint density at radius 1 is 1.07 bits per heavy atom. The van der Waals surface area contributed by atoms with Gasteiger partial charge in [-0.05, 0) is 61.2 Å². The first-order valence-corrected chi connectivity index (χ1v) is 9.90. The van der Waals surface area contributed by atoms with Crippen molar-refractivity contribution >= 4 is 23.6 Å². The van der Waals surface area contributed by atoms with Gasteiger partial charge in [-0.1, -0.05) is 23.8 Å². The van der Waals surface area contributed by atoms with Crippen molar-refractivity contribution in [2.75, 3.05) is 31.1 Å². The van der Waals surface area contributed by atoms with E-state index in [1.807, 2.05) is 42.5 Å². The summed E-state index contributed by atoms with van der Waals surface area (Å²) >= 11 is 0. The molecule has 29 heavy (non-hydrogen) atoms. The van der Waals surface area contributed by atoms with E-state index in [4.69, 9.17) is 10.8 Å². The summed E-state index contributed by atoms with van der Waals surface area (Å²) in [7, 11) is 0. The van der Waals surface area contributed by atoms with Crippen molar-refractivity contribution in [3.8, 4) is 0 Å². The molecule has 6 heteroatoms. The molecule has 0 radical (unpaired) electrons. The lowest BCUT2D eigenvalue weighted by atomic mass is 9.99. The second kappa shape index (κ2) is 9.89. The lowest BCUT2D eigenvalue weighted by Gasteiger charge is -2.30. The van der Waals surface area contributed by atoms with Gasteiger partial charge in [0.15, 0.2) is 0 Å².